The highest BCUT2D eigenvalue weighted by Crippen LogP contribution is 2.30. The van der Waals surface area contributed by atoms with Crippen LogP contribution in [0.5, 0.6) is 5.88 Å². The Morgan fingerprint density at radius 2 is 1.81 bits per heavy atom. The Morgan fingerprint density at radius 1 is 1.14 bits per heavy atom. The van der Waals surface area contributed by atoms with Crippen molar-refractivity contribution < 1.29 is 36.2 Å². The summed E-state index contributed by atoms with van der Waals surface area (Å²) in [5, 5.41) is 12.0. The molecule has 1 fully saturated rings. The zero-order chi connectivity index (χ0) is 26.1. The highest BCUT2D eigenvalue weighted by Gasteiger charge is 2.46. The fraction of sp³-hybridized carbons (Fsp3) is 0.286. The summed E-state index contributed by atoms with van der Waals surface area (Å²) < 4.78 is 68.6. The third kappa shape index (κ3) is 4.98. The molecule has 2 N–H and O–H groups in total. The van der Waals surface area contributed by atoms with Crippen LogP contribution >= 0.6 is 0 Å². The monoisotopic (exact) mass is 527 g/mol. The number of nitrogens with one attached hydrogen (secondary N) is 1. The molecule has 4 rings (SSSR count). The van der Waals surface area contributed by atoms with E-state index in [-0.39, 0.29) is 17.8 Å². The first-order valence-corrected chi connectivity index (χ1v) is 12.0. The Balaban J connectivity index is 1.59. The van der Waals surface area contributed by atoms with E-state index in [1.165, 1.54) is 18.5 Å². The molecule has 0 bridgehead atoms. The van der Waals surface area contributed by atoms with Crippen molar-refractivity contribution in [1.29, 1.82) is 0 Å². The van der Waals surface area contributed by atoms with Crippen LogP contribution < -0.4 is 11.1 Å². The van der Waals surface area contributed by atoms with Crippen molar-refractivity contribution in [3.05, 3.63) is 70.5 Å². The van der Waals surface area contributed by atoms with Gasteiger partial charge in [-0.05, 0) is 35.9 Å². The summed E-state index contributed by atoms with van der Waals surface area (Å²) in [6.45, 7) is 1.80. The topological polar surface area (TPSA) is 136 Å². The zero-order valence-corrected chi connectivity index (χ0v) is 19.3. The van der Waals surface area contributed by atoms with Crippen LogP contribution in [-0.2, 0) is 21.1 Å². The number of hydrogen-bond donors (Lipinski definition) is 2. The molecular formula is C21H20F3N5O6S. The van der Waals surface area contributed by atoms with Gasteiger partial charge in [-0.3, -0.25) is 19.8 Å². The molecule has 15 heteroatoms. The largest absolute Gasteiger partial charge is 0.501 e. The minimum atomic E-state index is -5.56. The molecule has 1 amide bonds. The molecule has 0 radical (unpaired) electrons. The maximum Gasteiger partial charge on any atom is 0.501 e. The number of pyridine rings is 1. The van der Waals surface area contributed by atoms with Crippen LogP contribution in [0.15, 0.2) is 58.6 Å². The van der Waals surface area contributed by atoms with Gasteiger partial charge < -0.3 is 9.84 Å². The molecule has 36 heavy (non-hydrogen) atoms. The summed E-state index contributed by atoms with van der Waals surface area (Å²) in [7, 11) is -5.56. The van der Waals surface area contributed by atoms with Gasteiger partial charge in [0.2, 0.25) is 5.88 Å². The second kappa shape index (κ2) is 9.75. The lowest BCUT2D eigenvalue weighted by Crippen LogP contribution is -2.48. The highest BCUT2D eigenvalue weighted by molar-refractivity contribution is 7.92. The second-order valence-electron chi connectivity index (χ2n) is 7.75. The van der Waals surface area contributed by atoms with Crippen molar-refractivity contribution in [2.45, 2.75) is 16.9 Å². The van der Waals surface area contributed by atoms with E-state index in [0.29, 0.717) is 44.0 Å². The van der Waals surface area contributed by atoms with E-state index in [2.05, 4.69) is 10.4 Å². The van der Waals surface area contributed by atoms with Crippen LogP contribution in [-0.4, -0.2) is 70.4 Å². The average Bonchev–Trinajstić information content (AvgIpc) is 3.12. The summed E-state index contributed by atoms with van der Waals surface area (Å²) in [6.07, 6.45) is 3.86. The molecule has 3 heterocycles. The van der Waals surface area contributed by atoms with Gasteiger partial charge in [-0.15, -0.1) is 0 Å². The van der Waals surface area contributed by atoms with Crippen molar-refractivity contribution in [1.82, 2.24) is 24.6 Å². The predicted molar refractivity (Wildman–Crippen MR) is 118 cm³/mol. The molecule has 11 nitrogen and oxygen atoms in total. The molecule has 0 unspecified atom stereocenters. The quantitative estimate of drug-likeness (QED) is 0.486. The zero-order valence-electron chi connectivity index (χ0n) is 18.5. The number of hydrogen-bond acceptors (Lipinski definition) is 8. The van der Waals surface area contributed by atoms with Crippen LogP contribution in [0.25, 0.3) is 5.69 Å². The Morgan fingerprint density at radius 3 is 2.44 bits per heavy atom. The Bertz CT molecular complexity index is 1430. The summed E-state index contributed by atoms with van der Waals surface area (Å²) in [5.41, 5.74) is -2.94. The molecule has 0 atom stereocenters. The van der Waals surface area contributed by atoms with Gasteiger partial charge in [-0.2, -0.15) is 13.2 Å². The van der Waals surface area contributed by atoms with E-state index in [1.807, 2.05) is 0 Å². The van der Waals surface area contributed by atoms with E-state index in [0.717, 1.165) is 27.5 Å². The molecule has 1 aliphatic rings. The summed E-state index contributed by atoms with van der Waals surface area (Å²) in [6, 6.07) is 4.86. The molecule has 3 aromatic rings. The Hall–Kier alpha value is -3.69. The number of morpholine rings is 1. The molecule has 192 valence electrons. The number of aromatic hydroxyl groups is 1. The summed E-state index contributed by atoms with van der Waals surface area (Å²) >= 11 is 0. The van der Waals surface area contributed by atoms with Crippen LogP contribution in [0.2, 0.25) is 0 Å². The van der Waals surface area contributed by atoms with Crippen LogP contribution in [0.3, 0.4) is 0 Å². The third-order valence-electron chi connectivity index (χ3n) is 5.41. The lowest BCUT2D eigenvalue weighted by atomic mass is 10.1. The first-order chi connectivity index (χ1) is 17.0. The van der Waals surface area contributed by atoms with Gasteiger partial charge in [-0.25, -0.2) is 22.8 Å². The molecule has 0 aliphatic carbocycles. The number of imidazole rings is 1. The van der Waals surface area contributed by atoms with Gasteiger partial charge in [0.25, 0.3) is 15.7 Å². The minimum Gasteiger partial charge on any atom is -0.493 e. The number of amides is 1. The van der Waals surface area contributed by atoms with Gasteiger partial charge >= 0.3 is 11.2 Å². The van der Waals surface area contributed by atoms with Crippen LogP contribution in [0, 0.1) is 0 Å². The third-order valence-corrected chi connectivity index (χ3v) is 6.92. The average molecular weight is 527 g/mol. The number of benzene rings is 1. The fourth-order valence-corrected chi connectivity index (χ4v) is 4.33. The molecule has 0 spiro atoms. The van der Waals surface area contributed by atoms with E-state index in [9.17, 15) is 36.3 Å². The lowest BCUT2D eigenvalue weighted by Gasteiger charge is -2.27. The number of sulfone groups is 1. The van der Waals surface area contributed by atoms with E-state index in [1.54, 1.807) is 5.01 Å². The first-order valence-electron chi connectivity index (χ1n) is 10.5. The van der Waals surface area contributed by atoms with Crippen molar-refractivity contribution in [3.8, 4) is 11.6 Å². The van der Waals surface area contributed by atoms with Crippen molar-refractivity contribution in [3.63, 3.8) is 0 Å². The fourth-order valence-electron chi connectivity index (χ4n) is 3.57. The van der Waals surface area contributed by atoms with Gasteiger partial charge in [-0.1, -0.05) is 0 Å². The van der Waals surface area contributed by atoms with Crippen LogP contribution in [0.4, 0.5) is 13.2 Å². The van der Waals surface area contributed by atoms with E-state index >= 15 is 0 Å². The highest BCUT2D eigenvalue weighted by atomic mass is 32.2. The van der Waals surface area contributed by atoms with Crippen molar-refractivity contribution in [2.75, 3.05) is 26.3 Å². The summed E-state index contributed by atoms with van der Waals surface area (Å²) in [4.78, 5) is 28.7. The molecule has 2 aromatic heterocycles. The smallest absolute Gasteiger partial charge is 0.493 e. The lowest BCUT2D eigenvalue weighted by molar-refractivity contribution is -0.0436. The number of halogens is 3. The Kier molecular flexibility index (Phi) is 6.88. The number of carbonyl (C=O) groups excluding carboxylic acids is 1. The van der Waals surface area contributed by atoms with Gasteiger partial charge in [0.1, 0.15) is 0 Å². The number of carbonyl (C=O) groups is 1. The molecule has 1 saturated heterocycles. The van der Waals surface area contributed by atoms with Crippen molar-refractivity contribution >= 4 is 15.7 Å². The van der Waals surface area contributed by atoms with E-state index < -0.39 is 37.7 Å². The molecule has 0 saturated carbocycles. The number of hydrazine groups is 1. The van der Waals surface area contributed by atoms with E-state index in [4.69, 9.17) is 4.74 Å². The Labute approximate surface area is 202 Å². The standard InChI is InChI=1S/C21H20F3N5O6S/c22-21(23,24)36(33,34)16-3-1-15(2-4-16)29-18(30)13-27(20(29)32)12-14-5-6-25-11-17(14)19(31)26-28-7-9-35-10-8-28/h1-6,11,13,30H,7-10,12H2,(H,26,31). The summed E-state index contributed by atoms with van der Waals surface area (Å²) in [5.74, 6) is -0.988. The SMILES string of the molecule is O=C(NN1CCOCC1)c1cnccc1Cn1cc(O)n(-c2ccc(S(=O)(=O)C(F)(F)F)cc2)c1=O. The van der Waals surface area contributed by atoms with Gasteiger partial charge in [0.05, 0.1) is 42.1 Å². The maximum atomic E-state index is 13.0. The number of alkyl halides is 3. The molecular weight excluding hydrogens is 507 g/mol. The number of ether oxygens (including phenoxy) is 1. The van der Waals surface area contributed by atoms with Gasteiger partial charge in [0.15, 0.2) is 0 Å². The van der Waals surface area contributed by atoms with Gasteiger partial charge in [0, 0.05) is 25.5 Å². The molecule has 1 aliphatic heterocycles. The number of aromatic nitrogens is 3. The first kappa shape index (κ1) is 25.4. The number of nitrogens with zero attached hydrogens (tertiary/aromatic N) is 4. The maximum absolute atomic E-state index is 13.0. The number of rotatable bonds is 6. The van der Waals surface area contributed by atoms with Crippen molar-refractivity contribution in [2.24, 2.45) is 0 Å². The second-order valence-corrected chi connectivity index (χ2v) is 9.69. The van der Waals surface area contributed by atoms with Crippen LogP contribution in [0.1, 0.15) is 15.9 Å². The minimum absolute atomic E-state index is 0.0580. The predicted octanol–water partition coefficient (Wildman–Crippen LogP) is 1.06. The molecule has 1 aromatic carbocycles. The normalized spacial score (nSPS) is 15.1.